The third kappa shape index (κ3) is 4.31. The van der Waals surface area contributed by atoms with Gasteiger partial charge in [0.2, 0.25) is 0 Å². The van der Waals surface area contributed by atoms with Crippen LogP contribution in [-0.4, -0.2) is 36.7 Å². The zero-order valence-electron chi connectivity index (χ0n) is 16.7. The number of Topliss-reactive ketones (excluding diaryl/α,β-unsaturated/α-hetero) is 1. The van der Waals surface area contributed by atoms with Crippen LogP contribution in [0.25, 0.3) is 0 Å². The number of ketones is 1. The predicted octanol–water partition coefficient (Wildman–Crippen LogP) is 3.89. The van der Waals surface area contributed by atoms with Crippen LogP contribution in [0.1, 0.15) is 10.4 Å². The van der Waals surface area contributed by atoms with Crippen LogP contribution in [0.15, 0.2) is 83.3 Å². The van der Waals surface area contributed by atoms with Crippen LogP contribution >= 0.6 is 15.9 Å². The van der Waals surface area contributed by atoms with Crippen molar-refractivity contribution in [2.45, 2.75) is 0 Å². The Balaban J connectivity index is 1.46. The van der Waals surface area contributed by atoms with E-state index in [-0.39, 0.29) is 5.56 Å². The van der Waals surface area contributed by atoms with Gasteiger partial charge in [-0.3, -0.25) is 29.0 Å². The zero-order chi connectivity index (χ0) is 22.7. The van der Waals surface area contributed by atoms with E-state index in [2.05, 4.69) is 15.9 Å². The number of carbonyl (C=O) groups excluding carboxylic acids is 4. The highest BCUT2D eigenvalue weighted by Crippen LogP contribution is 2.31. The van der Waals surface area contributed by atoms with Gasteiger partial charge in [-0.15, -0.1) is 0 Å². The Kier molecular flexibility index (Phi) is 6.13. The molecule has 0 fully saturated rings. The first-order valence-corrected chi connectivity index (χ1v) is 10.5. The molecule has 0 aromatic heterocycles. The Bertz CT molecular complexity index is 1160. The fourth-order valence-corrected chi connectivity index (χ4v) is 3.76. The molecule has 0 unspecified atom stereocenters. The minimum atomic E-state index is -0.809. The summed E-state index contributed by atoms with van der Waals surface area (Å²) >= 11 is 3.26. The molecule has 2 amide bonds. The second-order valence-electron chi connectivity index (χ2n) is 6.94. The molecule has 160 valence electrons. The van der Waals surface area contributed by atoms with Crippen molar-refractivity contribution in [2.75, 3.05) is 23.0 Å². The van der Waals surface area contributed by atoms with Crippen LogP contribution in [0.2, 0.25) is 0 Å². The number of halogens is 1. The number of fused-ring (bicyclic) bond motifs is 1. The number of benzene rings is 3. The number of para-hydroxylation sites is 2. The molecule has 1 heterocycles. The molecule has 1 aliphatic rings. The molecule has 8 heteroatoms. The van der Waals surface area contributed by atoms with Gasteiger partial charge < -0.3 is 4.74 Å². The lowest BCUT2D eigenvalue weighted by Gasteiger charge is -2.23. The fourth-order valence-electron chi connectivity index (χ4n) is 3.40. The Morgan fingerprint density at radius 1 is 0.875 bits per heavy atom. The van der Waals surface area contributed by atoms with Crippen LogP contribution in [0, 0.1) is 0 Å². The third-order valence-corrected chi connectivity index (χ3v) is 5.35. The molecule has 1 aliphatic heterocycles. The van der Waals surface area contributed by atoms with Gasteiger partial charge in [0.15, 0.2) is 6.61 Å². The maximum atomic E-state index is 12.9. The summed E-state index contributed by atoms with van der Waals surface area (Å²) in [6.07, 6.45) is 0. The molecule has 3 aromatic carbocycles. The average Bonchev–Trinajstić information content (AvgIpc) is 3.03. The largest absolute Gasteiger partial charge is 0.454 e. The summed E-state index contributed by atoms with van der Waals surface area (Å²) in [5, 5.41) is 0. The number of hydrogen-bond acceptors (Lipinski definition) is 5. The first kappa shape index (κ1) is 21.5. The summed E-state index contributed by atoms with van der Waals surface area (Å²) in [6, 6.07) is 22.8. The second kappa shape index (κ2) is 9.15. The summed E-state index contributed by atoms with van der Waals surface area (Å²) < 4.78 is 5.81. The number of amides is 2. The lowest BCUT2D eigenvalue weighted by molar-refractivity contribution is -0.146. The number of ether oxygens (including phenoxy) is 1. The molecule has 0 aliphatic carbocycles. The van der Waals surface area contributed by atoms with Crippen molar-refractivity contribution in [1.82, 2.24) is 0 Å². The van der Waals surface area contributed by atoms with Gasteiger partial charge in [0, 0.05) is 15.8 Å². The SMILES string of the molecule is O=C(CN1C(=O)C(=O)c2cc(Br)ccc21)OCC(=O)N(c1ccccc1)c1ccccc1. The van der Waals surface area contributed by atoms with Gasteiger partial charge in [-0.25, -0.2) is 0 Å². The summed E-state index contributed by atoms with van der Waals surface area (Å²) in [6.45, 7) is -0.991. The van der Waals surface area contributed by atoms with Crippen LogP contribution in [0.3, 0.4) is 0 Å². The van der Waals surface area contributed by atoms with Crippen molar-refractivity contribution in [2.24, 2.45) is 0 Å². The number of nitrogens with zero attached hydrogens (tertiary/aromatic N) is 2. The van der Waals surface area contributed by atoms with Crippen LogP contribution in [-0.2, 0) is 19.1 Å². The number of esters is 1. The topological polar surface area (TPSA) is 84.0 Å². The molecule has 0 spiro atoms. The molecule has 0 atom stereocenters. The van der Waals surface area contributed by atoms with Crippen molar-refractivity contribution in [3.05, 3.63) is 88.9 Å². The molecule has 0 N–H and O–H groups in total. The number of anilines is 3. The molecule has 3 aromatic rings. The lowest BCUT2D eigenvalue weighted by atomic mass is 10.1. The Morgan fingerprint density at radius 3 is 2.06 bits per heavy atom. The summed E-state index contributed by atoms with van der Waals surface area (Å²) in [7, 11) is 0. The summed E-state index contributed by atoms with van der Waals surface area (Å²) in [4.78, 5) is 52.4. The highest BCUT2D eigenvalue weighted by molar-refractivity contribution is 9.10. The third-order valence-electron chi connectivity index (χ3n) is 4.86. The lowest BCUT2D eigenvalue weighted by Crippen LogP contribution is -2.37. The van der Waals surface area contributed by atoms with Crippen LogP contribution in [0.5, 0.6) is 0 Å². The van der Waals surface area contributed by atoms with E-state index in [9.17, 15) is 19.2 Å². The van der Waals surface area contributed by atoms with Gasteiger partial charge in [0.05, 0.1) is 11.3 Å². The van der Waals surface area contributed by atoms with Crippen molar-refractivity contribution in [3.63, 3.8) is 0 Å². The highest BCUT2D eigenvalue weighted by Gasteiger charge is 2.37. The highest BCUT2D eigenvalue weighted by atomic mass is 79.9. The summed E-state index contributed by atoms with van der Waals surface area (Å²) in [5.74, 6) is -2.75. The van der Waals surface area contributed by atoms with Crippen LogP contribution < -0.4 is 9.80 Å². The average molecular weight is 493 g/mol. The van der Waals surface area contributed by atoms with Crippen molar-refractivity contribution >= 4 is 56.6 Å². The fraction of sp³-hybridized carbons (Fsp3) is 0.0833. The first-order valence-electron chi connectivity index (χ1n) is 9.70. The maximum absolute atomic E-state index is 12.9. The number of rotatable bonds is 6. The summed E-state index contributed by atoms with van der Waals surface area (Å²) in [5.41, 5.74) is 1.80. The van der Waals surface area contributed by atoms with E-state index in [4.69, 9.17) is 4.74 Å². The Labute approximate surface area is 192 Å². The van der Waals surface area contributed by atoms with Crippen molar-refractivity contribution in [1.29, 1.82) is 0 Å². The molecular formula is C24H17BrN2O5. The minimum Gasteiger partial charge on any atom is -0.454 e. The van der Waals surface area contributed by atoms with Gasteiger partial charge in [-0.05, 0) is 42.5 Å². The number of hydrogen-bond donors (Lipinski definition) is 0. The van der Waals surface area contributed by atoms with Gasteiger partial charge in [0.1, 0.15) is 6.54 Å². The second-order valence-corrected chi connectivity index (χ2v) is 7.86. The molecule has 4 rings (SSSR count). The maximum Gasteiger partial charge on any atom is 0.326 e. The molecule has 0 saturated heterocycles. The Morgan fingerprint density at radius 2 is 1.47 bits per heavy atom. The molecule has 0 radical (unpaired) electrons. The van der Waals surface area contributed by atoms with Crippen LogP contribution in [0.4, 0.5) is 17.1 Å². The smallest absolute Gasteiger partial charge is 0.326 e. The van der Waals surface area contributed by atoms with Gasteiger partial charge in [-0.1, -0.05) is 52.3 Å². The van der Waals surface area contributed by atoms with Crippen molar-refractivity contribution < 1.29 is 23.9 Å². The van der Waals surface area contributed by atoms with E-state index in [0.717, 1.165) is 4.90 Å². The molecule has 0 saturated carbocycles. The van der Waals surface area contributed by atoms with Gasteiger partial charge in [-0.2, -0.15) is 0 Å². The van der Waals surface area contributed by atoms with Gasteiger partial charge >= 0.3 is 5.97 Å². The standard InChI is InChI=1S/C24H17BrN2O5/c25-16-11-12-20-19(13-16)23(30)24(31)26(20)14-22(29)32-15-21(28)27(17-7-3-1-4-8-17)18-9-5-2-6-10-18/h1-13H,14-15H2. The normalized spacial score (nSPS) is 12.5. The van der Waals surface area contributed by atoms with E-state index in [1.165, 1.54) is 11.0 Å². The van der Waals surface area contributed by atoms with E-state index >= 15 is 0 Å². The van der Waals surface area contributed by atoms with E-state index in [1.54, 1.807) is 60.7 Å². The molecule has 32 heavy (non-hydrogen) atoms. The Hall–Kier alpha value is -3.78. The monoisotopic (exact) mass is 492 g/mol. The van der Waals surface area contributed by atoms with Crippen molar-refractivity contribution in [3.8, 4) is 0 Å². The van der Waals surface area contributed by atoms with E-state index in [0.29, 0.717) is 21.5 Å². The minimum absolute atomic E-state index is 0.215. The zero-order valence-corrected chi connectivity index (χ0v) is 18.3. The number of carbonyl (C=O) groups is 4. The quantitative estimate of drug-likeness (QED) is 0.385. The van der Waals surface area contributed by atoms with E-state index < -0.39 is 36.7 Å². The van der Waals surface area contributed by atoms with Gasteiger partial charge in [0.25, 0.3) is 17.6 Å². The first-order chi connectivity index (χ1) is 15.5. The predicted molar refractivity (Wildman–Crippen MR) is 122 cm³/mol. The van der Waals surface area contributed by atoms with E-state index in [1.807, 2.05) is 12.1 Å². The molecule has 0 bridgehead atoms. The molecule has 7 nitrogen and oxygen atoms in total. The molecular weight excluding hydrogens is 476 g/mol.